The van der Waals surface area contributed by atoms with E-state index in [1.165, 1.54) is 16.4 Å². The summed E-state index contributed by atoms with van der Waals surface area (Å²) in [4.78, 5) is 0.166. The van der Waals surface area contributed by atoms with Crippen molar-refractivity contribution in [2.24, 2.45) is 5.73 Å². The Morgan fingerprint density at radius 2 is 1.69 bits per heavy atom. The molecule has 0 bridgehead atoms. The van der Waals surface area contributed by atoms with Crippen LogP contribution in [-0.4, -0.2) is 47.7 Å². The van der Waals surface area contributed by atoms with Crippen molar-refractivity contribution in [1.29, 1.82) is 0 Å². The molecule has 1 rings (SSSR count). The fourth-order valence-electron chi connectivity index (χ4n) is 3.05. The molecule has 0 aromatic heterocycles. The van der Waals surface area contributed by atoms with Gasteiger partial charge >= 0.3 is 0 Å². The zero-order chi connectivity index (χ0) is 19.9. The molecule has 0 heterocycles. The molecule has 0 aliphatic heterocycles. The second kappa shape index (κ2) is 10.4. The van der Waals surface area contributed by atoms with Crippen molar-refractivity contribution in [3.63, 3.8) is 0 Å². The van der Waals surface area contributed by atoms with E-state index in [0.717, 1.165) is 19.3 Å². The highest BCUT2D eigenvalue weighted by molar-refractivity contribution is 7.89. The van der Waals surface area contributed by atoms with Crippen LogP contribution in [0.3, 0.4) is 0 Å². The molecule has 0 saturated heterocycles. The predicted octanol–water partition coefficient (Wildman–Crippen LogP) is 2.41. The van der Waals surface area contributed by atoms with Crippen LogP contribution in [0.4, 0.5) is 0 Å². The molecule has 0 radical (unpaired) electrons. The van der Waals surface area contributed by atoms with Crippen molar-refractivity contribution in [3.8, 4) is 0 Å². The fourth-order valence-corrected chi connectivity index (χ4v) is 4.90. The second-order valence-electron chi connectivity index (χ2n) is 7.11. The van der Waals surface area contributed by atoms with Crippen molar-refractivity contribution in [1.82, 2.24) is 4.31 Å². The largest absolute Gasteiger partial charge is 0.395 e. The lowest BCUT2D eigenvalue weighted by atomic mass is 10.0. The molecule has 26 heavy (non-hydrogen) atoms. The molecule has 0 amide bonds. The minimum atomic E-state index is -3.75. The van der Waals surface area contributed by atoms with E-state index in [4.69, 9.17) is 5.73 Å². The Hall–Kier alpha value is -0.990. The van der Waals surface area contributed by atoms with E-state index in [-0.39, 0.29) is 23.6 Å². The minimum absolute atomic E-state index is 0.103. The van der Waals surface area contributed by atoms with Crippen LogP contribution in [0.2, 0.25) is 0 Å². The van der Waals surface area contributed by atoms with Crippen LogP contribution in [-0.2, 0) is 10.0 Å². The first-order chi connectivity index (χ1) is 12.1. The Morgan fingerprint density at radius 1 is 1.12 bits per heavy atom. The van der Waals surface area contributed by atoms with Crippen molar-refractivity contribution in [3.05, 3.63) is 29.8 Å². The maximum Gasteiger partial charge on any atom is 0.243 e. The van der Waals surface area contributed by atoms with Gasteiger partial charge in [-0.05, 0) is 57.7 Å². The van der Waals surface area contributed by atoms with Gasteiger partial charge in [-0.1, -0.05) is 25.5 Å². The number of aliphatic hydroxyl groups is 2. The maximum absolute atomic E-state index is 13.1. The highest BCUT2D eigenvalue weighted by Gasteiger charge is 2.33. The third-order valence-corrected chi connectivity index (χ3v) is 6.80. The number of benzene rings is 1. The standard InChI is InChI=1S/C19H34N2O4S/c1-5-17(20)7-6-8-18(13-22)21(14(2)3)26(24,25)19-11-9-16(10-12-19)15(4)23/h9-12,14-15,17-18,22-23H,5-8,13,20H2,1-4H3/t15-,17-,18-/m0/s1. The smallest absolute Gasteiger partial charge is 0.243 e. The van der Waals surface area contributed by atoms with Gasteiger partial charge < -0.3 is 15.9 Å². The van der Waals surface area contributed by atoms with Gasteiger partial charge in [0.2, 0.25) is 10.0 Å². The average molecular weight is 387 g/mol. The third-order valence-electron chi connectivity index (χ3n) is 4.65. The molecule has 0 aliphatic carbocycles. The molecule has 6 nitrogen and oxygen atoms in total. The Bertz CT molecular complexity index is 629. The number of aliphatic hydroxyl groups excluding tert-OH is 2. The van der Waals surface area contributed by atoms with E-state index in [0.29, 0.717) is 12.0 Å². The van der Waals surface area contributed by atoms with Crippen LogP contribution >= 0.6 is 0 Å². The van der Waals surface area contributed by atoms with Gasteiger partial charge in [-0.15, -0.1) is 0 Å². The summed E-state index contributed by atoms with van der Waals surface area (Å²) in [6.45, 7) is 7.04. The molecular formula is C19H34N2O4S. The normalized spacial score (nSPS) is 16.0. The lowest BCUT2D eigenvalue weighted by Gasteiger charge is -2.33. The summed E-state index contributed by atoms with van der Waals surface area (Å²) < 4.78 is 27.7. The van der Waals surface area contributed by atoms with Gasteiger partial charge in [0.1, 0.15) is 0 Å². The summed E-state index contributed by atoms with van der Waals surface area (Å²) in [6.07, 6.45) is 2.36. The van der Waals surface area contributed by atoms with E-state index >= 15 is 0 Å². The van der Waals surface area contributed by atoms with E-state index in [1.807, 2.05) is 20.8 Å². The number of nitrogens with zero attached hydrogens (tertiary/aromatic N) is 1. The lowest BCUT2D eigenvalue weighted by molar-refractivity contribution is 0.157. The molecule has 1 aromatic rings. The van der Waals surface area contributed by atoms with Crippen LogP contribution in [0.5, 0.6) is 0 Å². The zero-order valence-corrected chi connectivity index (χ0v) is 17.1. The molecule has 1 aromatic carbocycles. The van der Waals surface area contributed by atoms with E-state index in [2.05, 4.69) is 0 Å². The topological polar surface area (TPSA) is 104 Å². The van der Waals surface area contributed by atoms with Crippen LogP contribution < -0.4 is 5.73 Å². The SMILES string of the molecule is CC[C@H](N)CCC[C@@H](CO)N(C(C)C)S(=O)(=O)c1ccc([C@H](C)O)cc1. The molecule has 0 unspecified atom stereocenters. The second-order valence-corrected chi connectivity index (χ2v) is 8.95. The van der Waals surface area contributed by atoms with Crippen LogP contribution in [0, 0.1) is 0 Å². The van der Waals surface area contributed by atoms with Crippen LogP contribution in [0.25, 0.3) is 0 Å². The number of hydrogen-bond donors (Lipinski definition) is 3. The first-order valence-corrected chi connectivity index (χ1v) is 10.8. The van der Waals surface area contributed by atoms with Gasteiger partial charge in [-0.25, -0.2) is 8.42 Å². The number of sulfonamides is 1. The molecule has 0 aliphatic rings. The Kier molecular flexibility index (Phi) is 9.19. The molecule has 0 spiro atoms. The van der Waals surface area contributed by atoms with E-state index in [9.17, 15) is 18.6 Å². The monoisotopic (exact) mass is 386 g/mol. The van der Waals surface area contributed by atoms with Crippen molar-refractivity contribution >= 4 is 10.0 Å². The minimum Gasteiger partial charge on any atom is -0.395 e. The van der Waals surface area contributed by atoms with Crippen molar-refractivity contribution < 1.29 is 18.6 Å². The summed E-state index contributed by atoms with van der Waals surface area (Å²) in [5.74, 6) is 0. The van der Waals surface area contributed by atoms with Gasteiger partial charge in [0.15, 0.2) is 0 Å². The Morgan fingerprint density at radius 3 is 2.12 bits per heavy atom. The quantitative estimate of drug-likeness (QED) is 0.542. The van der Waals surface area contributed by atoms with Gasteiger partial charge in [0, 0.05) is 18.1 Å². The van der Waals surface area contributed by atoms with Crippen LogP contribution in [0.15, 0.2) is 29.2 Å². The summed E-state index contributed by atoms with van der Waals surface area (Å²) in [5.41, 5.74) is 6.60. The maximum atomic E-state index is 13.1. The number of hydrogen-bond acceptors (Lipinski definition) is 5. The molecule has 3 atom stereocenters. The third kappa shape index (κ3) is 6.03. The molecule has 7 heteroatoms. The van der Waals surface area contributed by atoms with Gasteiger partial charge in [0.05, 0.1) is 17.6 Å². The molecular weight excluding hydrogens is 352 g/mol. The van der Waals surface area contributed by atoms with E-state index < -0.39 is 22.2 Å². The summed E-state index contributed by atoms with van der Waals surface area (Å²) >= 11 is 0. The Labute approximate surface area is 158 Å². The van der Waals surface area contributed by atoms with Gasteiger partial charge in [-0.2, -0.15) is 4.31 Å². The van der Waals surface area contributed by atoms with E-state index in [1.54, 1.807) is 19.1 Å². The lowest BCUT2D eigenvalue weighted by Crippen LogP contribution is -2.46. The average Bonchev–Trinajstić information content (AvgIpc) is 2.59. The number of rotatable bonds is 11. The first kappa shape index (κ1) is 23.0. The van der Waals surface area contributed by atoms with Gasteiger partial charge in [0.25, 0.3) is 0 Å². The van der Waals surface area contributed by atoms with Crippen molar-refractivity contribution in [2.45, 2.75) is 82.5 Å². The van der Waals surface area contributed by atoms with Crippen molar-refractivity contribution in [2.75, 3.05) is 6.61 Å². The summed E-state index contributed by atoms with van der Waals surface area (Å²) in [5, 5.41) is 19.4. The van der Waals surface area contributed by atoms with Crippen LogP contribution in [0.1, 0.15) is 65.0 Å². The Balaban J connectivity index is 3.04. The molecule has 0 saturated carbocycles. The number of nitrogens with two attached hydrogens (primary N) is 1. The zero-order valence-electron chi connectivity index (χ0n) is 16.3. The summed E-state index contributed by atoms with van der Waals surface area (Å²) in [7, 11) is -3.75. The summed E-state index contributed by atoms with van der Waals surface area (Å²) in [6, 6.07) is 5.58. The molecule has 4 N–H and O–H groups in total. The predicted molar refractivity (Wildman–Crippen MR) is 104 cm³/mol. The molecule has 150 valence electrons. The fraction of sp³-hybridized carbons (Fsp3) is 0.684. The first-order valence-electron chi connectivity index (χ1n) is 9.33. The van der Waals surface area contributed by atoms with Gasteiger partial charge in [-0.3, -0.25) is 0 Å². The highest BCUT2D eigenvalue weighted by atomic mass is 32.2. The molecule has 0 fully saturated rings. The highest BCUT2D eigenvalue weighted by Crippen LogP contribution is 2.25.